The van der Waals surface area contributed by atoms with Gasteiger partial charge in [0.25, 0.3) is 0 Å². The van der Waals surface area contributed by atoms with Crippen LogP contribution in [0.15, 0.2) is 42.9 Å². The molecular formula is C21H23N5. The number of hydrogen-bond acceptors (Lipinski definition) is 4. The monoisotopic (exact) mass is 345 g/mol. The Labute approximate surface area is 153 Å². The van der Waals surface area contributed by atoms with Crippen LogP contribution in [0.3, 0.4) is 0 Å². The van der Waals surface area contributed by atoms with Gasteiger partial charge in [0.2, 0.25) is 0 Å². The summed E-state index contributed by atoms with van der Waals surface area (Å²) >= 11 is 0. The van der Waals surface area contributed by atoms with Crippen LogP contribution in [0.25, 0.3) is 27.5 Å². The molecule has 0 amide bonds. The van der Waals surface area contributed by atoms with Crippen LogP contribution in [0, 0.1) is 6.92 Å². The zero-order chi connectivity index (χ0) is 18.1. The van der Waals surface area contributed by atoms with E-state index in [0.717, 1.165) is 45.5 Å². The lowest BCUT2D eigenvalue weighted by atomic mass is 10.0. The minimum Gasteiger partial charge on any atom is -0.373 e. The van der Waals surface area contributed by atoms with Crippen molar-refractivity contribution in [3.05, 3.63) is 54.1 Å². The number of unbranched alkanes of at least 4 members (excludes halogenated alkanes) is 1. The summed E-state index contributed by atoms with van der Waals surface area (Å²) in [5.74, 6) is 0.853. The van der Waals surface area contributed by atoms with Gasteiger partial charge in [-0.05, 0) is 49.6 Å². The molecule has 0 fully saturated rings. The Morgan fingerprint density at radius 3 is 2.77 bits per heavy atom. The Kier molecular flexibility index (Phi) is 4.29. The van der Waals surface area contributed by atoms with E-state index in [4.69, 9.17) is 0 Å². The van der Waals surface area contributed by atoms with Crippen molar-refractivity contribution in [1.29, 1.82) is 0 Å². The van der Waals surface area contributed by atoms with Gasteiger partial charge in [0, 0.05) is 41.5 Å². The molecule has 26 heavy (non-hydrogen) atoms. The lowest BCUT2D eigenvalue weighted by molar-refractivity contribution is 0.776. The van der Waals surface area contributed by atoms with Crippen molar-refractivity contribution >= 4 is 22.1 Å². The van der Waals surface area contributed by atoms with Crippen LogP contribution in [0.1, 0.15) is 31.0 Å². The van der Waals surface area contributed by atoms with Crippen molar-refractivity contribution < 1.29 is 0 Å². The molecule has 4 aromatic rings. The van der Waals surface area contributed by atoms with Crippen molar-refractivity contribution in [2.45, 2.75) is 33.1 Å². The Morgan fingerprint density at radius 1 is 1.12 bits per heavy atom. The smallest absolute Gasteiger partial charge is 0.126 e. The third-order valence-electron chi connectivity index (χ3n) is 4.86. The number of hydrogen-bond donors (Lipinski definition) is 1. The maximum absolute atomic E-state index is 4.69. The molecular weight excluding hydrogens is 322 g/mol. The molecule has 0 aliphatic rings. The van der Waals surface area contributed by atoms with E-state index in [0.29, 0.717) is 0 Å². The minimum absolute atomic E-state index is 0.853. The molecule has 5 nitrogen and oxygen atoms in total. The highest BCUT2D eigenvalue weighted by Crippen LogP contribution is 2.30. The summed E-state index contributed by atoms with van der Waals surface area (Å²) in [4.78, 5) is 9.15. The van der Waals surface area contributed by atoms with Gasteiger partial charge >= 0.3 is 0 Å². The van der Waals surface area contributed by atoms with E-state index in [1.165, 1.54) is 18.4 Å². The van der Waals surface area contributed by atoms with E-state index < -0.39 is 0 Å². The molecule has 4 heterocycles. The van der Waals surface area contributed by atoms with Gasteiger partial charge in [-0.2, -0.15) is 5.10 Å². The predicted octanol–water partition coefficient (Wildman–Crippen LogP) is 4.64. The number of rotatable bonds is 5. The molecule has 0 atom stereocenters. The van der Waals surface area contributed by atoms with E-state index in [2.05, 4.69) is 52.4 Å². The summed E-state index contributed by atoms with van der Waals surface area (Å²) in [6, 6.07) is 8.46. The normalized spacial score (nSPS) is 11.3. The highest BCUT2D eigenvalue weighted by molar-refractivity contribution is 5.99. The van der Waals surface area contributed by atoms with E-state index in [1.54, 1.807) is 0 Å². The van der Waals surface area contributed by atoms with Crippen molar-refractivity contribution in [3.63, 3.8) is 0 Å². The molecule has 0 unspecified atom stereocenters. The van der Waals surface area contributed by atoms with E-state index in [-0.39, 0.29) is 0 Å². The molecule has 4 rings (SSSR count). The topological polar surface area (TPSA) is 55.1 Å². The fourth-order valence-electron chi connectivity index (χ4n) is 3.42. The van der Waals surface area contributed by atoms with Crippen molar-refractivity contribution in [2.24, 2.45) is 0 Å². The third kappa shape index (κ3) is 2.79. The van der Waals surface area contributed by atoms with Gasteiger partial charge in [-0.15, -0.1) is 0 Å². The molecule has 5 heteroatoms. The van der Waals surface area contributed by atoms with Gasteiger partial charge in [0.1, 0.15) is 5.82 Å². The van der Waals surface area contributed by atoms with Gasteiger partial charge in [-0.3, -0.25) is 4.98 Å². The average Bonchev–Trinajstić information content (AvgIpc) is 3.16. The lowest BCUT2D eigenvalue weighted by Gasteiger charge is -2.12. The summed E-state index contributed by atoms with van der Waals surface area (Å²) in [7, 11) is 1.88. The number of pyridine rings is 3. The van der Waals surface area contributed by atoms with Crippen molar-refractivity contribution in [2.75, 3.05) is 12.4 Å². The summed E-state index contributed by atoms with van der Waals surface area (Å²) < 4.78 is 2.00. The van der Waals surface area contributed by atoms with E-state index >= 15 is 0 Å². The number of aromatic nitrogens is 4. The number of fused-ring (bicyclic) bond motifs is 3. The van der Waals surface area contributed by atoms with Gasteiger partial charge in [0.05, 0.1) is 17.4 Å². The van der Waals surface area contributed by atoms with Crippen molar-refractivity contribution in [1.82, 2.24) is 19.6 Å². The Hall–Kier alpha value is -2.95. The fourth-order valence-corrected chi connectivity index (χ4v) is 3.42. The summed E-state index contributed by atoms with van der Waals surface area (Å²) in [6.07, 6.45) is 9.13. The van der Waals surface area contributed by atoms with Crippen LogP contribution in [-0.2, 0) is 6.42 Å². The maximum atomic E-state index is 4.69. The molecule has 0 saturated carbocycles. The van der Waals surface area contributed by atoms with Crippen LogP contribution in [0.2, 0.25) is 0 Å². The predicted molar refractivity (Wildman–Crippen MR) is 107 cm³/mol. The second-order valence-electron chi connectivity index (χ2n) is 6.66. The zero-order valence-electron chi connectivity index (χ0n) is 15.5. The Balaban J connectivity index is 1.89. The first kappa shape index (κ1) is 16.5. The first-order valence-electron chi connectivity index (χ1n) is 9.11. The van der Waals surface area contributed by atoms with Crippen molar-refractivity contribution in [3.8, 4) is 11.3 Å². The minimum atomic E-state index is 0.853. The SMILES string of the molecule is CCCCc1cc(C)c(-c2cc3cnc(NC)cc3c3ccnn23)cn1. The molecule has 0 spiro atoms. The van der Waals surface area contributed by atoms with E-state index in [9.17, 15) is 0 Å². The van der Waals surface area contributed by atoms with Gasteiger partial charge in [-0.1, -0.05) is 13.3 Å². The Morgan fingerprint density at radius 2 is 2.00 bits per heavy atom. The number of anilines is 1. The third-order valence-corrected chi connectivity index (χ3v) is 4.86. The number of nitrogens with one attached hydrogen (secondary N) is 1. The molecule has 0 bridgehead atoms. The number of aryl methyl sites for hydroxylation is 2. The number of nitrogens with zero attached hydrogens (tertiary/aromatic N) is 4. The molecule has 4 aromatic heterocycles. The first-order valence-corrected chi connectivity index (χ1v) is 9.11. The Bertz CT molecular complexity index is 1080. The quantitative estimate of drug-likeness (QED) is 0.572. The summed E-state index contributed by atoms with van der Waals surface area (Å²) in [5, 5.41) is 9.90. The van der Waals surface area contributed by atoms with Crippen LogP contribution < -0.4 is 5.32 Å². The van der Waals surface area contributed by atoms with Gasteiger partial charge in [-0.25, -0.2) is 9.50 Å². The van der Waals surface area contributed by atoms with Gasteiger partial charge < -0.3 is 5.32 Å². The van der Waals surface area contributed by atoms with E-state index in [1.807, 2.05) is 36.2 Å². The zero-order valence-corrected chi connectivity index (χ0v) is 15.5. The molecule has 0 aromatic carbocycles. The van der Waals surface area contributed by atoms with Crippen LogP contribution in [-0.4, -0.2) is 26.6 Å². The second-order valence-corrected chi connectivity index (χ2v) is 6.66. The first-order chi connectivity index (χ1) is 12.7. The maximum Gasteiger partial charge on any atom is 0.126 e. The standard InChI is InChI=1S/C21H23N5/c1-4-5-6-16-9-14(2)18(13-23-16)20-10-15-12-24-21(22-3)11-17(15)19-7-8-25-26(19)20/h7-13H,4-6H2,1-3H3,(H,22,24). The lowest BCUT2D eigenvalue weighted by Crippen LogP contribution is -2.00. The van der Waals surface area contributed by atoms with Crippen LogP contribution in [0.4, 0.5) is 5.82 Å². The molecule has 0 aliphatic heterocycles. The highest BCUT2D eigenvalue weighted by atomic mass is 15.2. The molecule has 1 N–H and O–H groups in total. The average molecular weight is 345 g/mol. The largest absolute Gasteiger partial charge is 0.373 e. The summed E-state index contributed by atoms with van der Waals surface area (Å²) in [6.45, 7) is 4.35. The van der Waals surface area contributed by atoms with Gasteiger partial charge in [0.15, 0.2) is 0 Å². The fraction of sp³-hybridized carbons (Fsp3) is 0.286. The molecule has 132 valence electrons. The summed E-state index contributed by atoms with van der Waals surface area (Å²) in [5.41, 5.74) is 5.61. The second kappa shape index (κ2) is 6.75. The van der Waals surface area contributed by atoms with Crippen LogP contribution in [0.5, 0.6) is 0 Å². The molecule has 0 radical (unpaired) electrons. The van der Waals surface area contributed by atoms with Crippen LogP contribution >= 0.6 is 0 Å². The highest BCUT2D eigenvalue weighted by Gasteiger charge is 2.13. The molecule has 0 aliphatic carbocycles. The molecule has 0 saturated heterocycles.